The Labute approximate surface area is 158 Å². The van der Waals surface area contributed by atoms with Crippen LogP contribution in [0.15, 0.2) is 41.4 Å². The number of hydrogen-bond donors (Lipinski definition) is 0. The van der Waals surface area contributed by atoms with E-state index in [1.165, 1.54) is 22.7 Å². The lowest BCUT2D eigenvalue weighted by Gasteiger charge is -2.31. The lowest BCUT2D eigenvalue weighted by molar-refractivity contribution is 0.0594. The van der Waals surface area contributed by atoms with Crippen molar-refractivity contribution in [2.75, 3.05) is 13.1 Å². The van der Waals surface area contributed by atoms with Crippen molar-refractivity contribution < 1.29 is 14.3 Å². The van der Waals surface area contributed by atoms with Crippen molar-refractivity contribution in [1.29, 1.82) is 0 Å². The molecule has 9 heteroatoms. The smallest absolute Gasteiger partial charge is 0.294 e. The zero-order valence-electron chi connectivity index (χ0n) is 13.8. The van der Waals surface area contributed by atoms with E-state index in [4.69, 9.17) is 9.47 Å². The summed E-state index contributed by atoms with van der Waals surface area (Å²) in [5.41, 5.74) is 2.30. The molecule has 1 saturated heterocycles. The molecule has 0 radical (unpaired) electrons. The number of thiazole rings is 1. The second-order valence-corrected chi connectivity index (χ2v) is 7.39. The van der Waals surface area contributed by atoms with E-state index in [0.717, 1.165) is 12.8 Å². The molecule has 4 rings (SSSR count). The number of aromatic nitrogens is 3. The Bertz CT molecular complexity index is 830. The molecule has 0 N–H and O–H groups in total. The van der Waals surface area contributed by atoms with E-state index in [9.17, 15) is 4.79 Å². The highest BCUT2D eigenvalue weighted by atomic mass is 32.1. The van der Waals surface area contributed by atoms with Gasteiger partial charge in [0, 0.05) is 43.1 Å². The number of hydrogen-bond acceptors (Lipinski definition) is 8. The van der Waals surface area contributed by atoms with Crippen LogP contribution in [0.1, 0.15) is 23.2 Å². The predicted octanol–water partition coefficient (Wildman–Crippen LogP) is 3.47. The van der Waals surface area contributed by atoms with Gasteiger partial charge >= 0.3 is 0 Å². The number of carbonyl (C=O) groups is 1. The highest BCUT2D eigenvalue weighted by Gasteiger charge is 2.25. The molecule has 1 aromatic carbocycles. The van der Waals surface area contributed by atoms with Crippen LogP contribution in [0.5, 0.6) is 16.1 Å². The zero-order chi connectivity index (χ0) is 17.8. The standard InChI is InChI=1S/C17H16N4O3S2/c22-15(12-1-3-13(4-2-12)23-16-18-7-10-25-16)21-8-5-14(6-9-21)24-17-20-19-11-26-17/h1-4,7,10-11,14H,5-6,8-9H2. The minimum Gasteiger partial charge on any atom is -0.465 e. The Balaban J connectivity index is 1.31. The van der Waals surface area contributed by atoms with Crippen LogP contribution in [0, 0.1) is 0 Å². The third-order valence-corrected chi connectivity index (χ3v) is 5.28. The summed E-state index contributed by atoms with van der Waals surface area (Å²) in [6.07, 6.45) is 3.35. The minimum atomic E-state index is 0.0279. The SMILES string of the molecule is O=C(c1ccc(Oc2nccs2)cc1)N1CCC(Oc2nncs2)CC1. The molecule has 0 unspecified atom stereocenters. The van der Waals surface area contributed by atoms with Gasteiger partial charge in [-0.3, -0.25) is 4.79 Å². The molecule has 1 aliphatic heterocycles. The molecule has 3 aromatic rings. The lowest BCUT2D eigenvalue weighted by Crippen LogP contribution is -2.41. The van der Waals surface area contributed by atoms with Gasteiger partial charge in [0.25, 0.3) is 16.3 Å². The molecule has 1 aliphatic rings. The molecular formula is C17H16N4O3S2. The molecule has 134 valence electrons. The van der Waals surface area contributed by atoms with Gasteiger partial charge in [-0.1, -0.05) is 22.7 Å². The van der Waals surface area contributed by atoms with E-state index in [2.05, 4.69) is 15.2 Å². The van der Waals surface area contributed by atoms with Crippen LogP contribution < -0.4 is 9.47 Å². The maximum absolute atomic E-state index is 12.7. The van der Waals surface area contributed by atoms with Crippen LogP contribution in [0.2, 0.25) is 0 Å². The lowest BCUT2D eigenvalue weighted by atomic mass is 10.1. The fraction of sp³-hybridized carbons (Fsp3) is 0.294. The van der Waals surface area contributed by atoms with Gasteiger partial charge in [-0.25, -0.2) is 4.98 Å². The normalized spacial score (nSPS) is 15.0. The predicted molar refractivity (Wildman–Crippen MR) is 98.1 cm³/mol. The fourth-order valence-corrected chi connectivity index (χ4v) is 3.72. The second-order valence-electron chi connectivity index (χ2n) is 5.74. The fourth-order valence-electron chi connectivity index (χ4n) is 2.74. The Morgan fingerprint density at radius 3 is 2.58 bits per heavy atom. The monoisotopic (exact) mass is 388 g/mol. The van der Waals surface area contributed by atoms with Gasteiger partial charge in [-0.2, -0.15) is 0 Å². The molecule has 0 atom stereocenters. The van der Waals surface area contributed by atoms with E-state index in [1.807, 2.05) is 10.3 Å². The summed E-state index contributed by atoms with van der Waals surface area (Å²) >= 11 is 2.81. The highest BCUT2D eigenvalue weighted by Crippen LogP contribution is 2.25. The first kappa shape index (κ1) is 16.9. The Morgan fingerprint density at radius 1 is 1.12 bits per heavy atom. The zero-order valence-corrected chi connectivity index (χ0v) is 15.4. The molecule has 0 spiro atoms. The molecular weight excluding hydrogens is 372 g/mol. The van der Waals surface area contributed by atoms with Crippen molar-refractivity contribution in [3.8, 4) is 16.1 Å². The third kappa shape index (κ3) is 4.00. The molecule has 1 amide bonds. The van der Waals surface area contributed by atoms with Crippen molar-refractivity contribution >= 4 is 28.6 Å². The molecule has 2 aromatic heterocycles. The largest absolute Gasteiger partial charge is 0.465 e. The van der Waals surface area contributed by atoms with Crippen LogP contribution in [-0.4, -0.2) is 45.2 Å². The number of amides is 1. The summed E-state index contributed by atoms with van der Waals surface area (Å²) in [6.45, 7) is 1.33. The van der Waals surface area contributed by atoms with Crippen molar-refractivity contribution in [2.45, 2.75) is 18.9 Å². The van der Waals surface area contributed by atoms with Crippen molar-refractivity contribution in [1.82, 2.24) is 20.1 Å². The summed E-state index contributed by atoms with van der Waals surface area (Å²) in [5.74, 6) is 0.695. The number of ether oxygens (including phenoxy) is 2. The van der Waals surface area contributed by atoms with Crippen LogP contribution in [0.3, 0.4) is 0 Å². The van der Waals surface area contributed by atoms with E-state index >= 15 is 0 Å². The average molecular weight is 388 g/mol. The van der Waals surface area contributed by atoms with Gasteiger partial charge in [-0.15, -0.1) is 10.2 Å². The number of benzene rings is 1. The topological polar surface area (TPSA) is 77.4 Å². The van der Waals surface area contributed by atoms with Crippen molar-refractivity contribution in [3.05, 3.63) is 46.9 Å². The second kappa shape index (κ2) is 7.79. The van der Waals surface area contributed by atoms with E-state index in [0.29, 0.717) is 34.8 Å². The number of piperidine rings is 1. The van der Waals surface area contributed by atoms with Crippen LogP contribution in [0.25, 0.3) is 0 Å². The van der Waals surface area contributed by atoms with Crippen LogP contribution in [0.4, 0.5) is 0 Å². The van der Waals surface area contributed by atoms with Gasteiger partial charge in [0.2, 0.25) is 0 Å². The quantitative estimate of drug-likeness (QED) is 0.666. The molecule has 7 nitrogen and oxygen atoms in total. The molecule has 1 fully saturated rings. The third-order valence-electron chi connectivity index (χ3n) is 4.05. The number of rotatable bonds is 5. The molecule has 3 heterocycles. The number of carbonyl (C=O) groups excluding carboxylic acids is 1. The van der Waals surface area contributed by atoms with Crippen molar-refractivity contribution in [2.24, 2.45) is 0 Å². The van der Waals surface area contributed by atoms with Gasteiger partial charge < -0.3 is 14.4 Å². The maximum atomic E-state index is 12.7. The van der Waals surface area contributed by atoms with Gasteiger partial charge in [0.1, 0.15) is 17.4 Å². The first-order chi connectivity index (χ1) is 12.8. The van der Waals surface area contributed by atoms with Gasteiger partial charge in [0.05, 0.1) is 0 Å². The van der Waals surface area contributed by atoms with E-state index in [-0.39, 0.29) is 12.0 Å². The summed E-state index contributed by atoms with van der Waals surface area (Å²) < 4.78 is 11.4. The van der Waals surface area contributed by atoms with Crippen LogP contribution >= 0.6 is 22.7 Å². The van der Waals surface area contributed by atoms with E-state index in [1.54, 1.807) is 36.0 Å². The van der Waals surface area contributed by atoms with Crippen LogP contribution in [-0.2, 0) is 0 Å². The first-order valence-electron chi connectivity index (χ1n) is 8.17. The number of likely N-dealkylation sites (tertiary alicyclic amines) is 1. The summed E-state index contributed by atoms with van der Waals surface area (Å²) in [7, 11) is 0. The molecule has 0 bridgehead atoms. The Hall–Kier alpha value is -2.52. The summed E-state index contributed by atoms with van der Waals surface area (Å²) in [4.78, 5) is 18.6. The maximum Gasteiger partial charge on any atom is 0.294 e. The molecule has 26 heavy (non-hydrogen) atoms. The highest BCUT2D eigenvalue weighted by molar-refractivity contribution is 7.11. The first-order valence-corrected chi connectivity index (χ1v) is 9.93. The number of nitrogens with zero attached hydrogens (tertiary/aromatic N) is 4. The van der Waals surface area contributed by atoms with E-state index < -0.39 is 0 Å². The van der Waals surface area contributed by atoms with Crippen molar-refractivity contribution in [3.63, 3.8) is 0 Å². The Morgan fingerprint density at radius 2 is 1.92 bits per heavy atom. The average Bonchev–Trinajstić information content (AvgIpc) is 3.37. The summed E-state index contributed by atoms with van der Waals surface area (Å²) in [5, 5.41) is 10.7. The Kier molecular flexibility index (Phi) is 5.07. The van der Waals surface area contributed by atoms with Gasteiger partial charge in [0.15, 0.2) is 0 Å². The van der Waals surface area contributed by atoms with Gasteiger partial charge in [-0.05, 0) is 24.3 Å². The molecule has 0 saturated carbocycles. The molecule has 0 aliphatic carbocycles. The summed E-state index contributed by atoms with van der Waals surface area (Å²) in [6, 6.07) is 7.16. The minimum absolute atomic E-state index is 0.0279.